The molecule has 0 N–H and O–H groups in total. The quantitative estimate of drug-likeness (QED) is 0.171. The second-order valence-corrected chi connectivity index (χ2v) is 14.4. The van der Waals surface area contributed by atoms with Gasteiger partial charge in [-0.05, 0) is 60.9 Å². The van der Waals surface area contributed by atoms with Crippen LogP contribution in [0.1, 0.15) is 20.3 Å². The molecule has 240 valence electrons. The molecule has 0 atom stereocenters. The normalized spacial score (nSPS) is 12.4. The van der Waals surface area contributed by atoms with Crippen LogP contribution in [0, 0.1) is 0 Å². The van der Waals surface area contributed by atoms with Gasteiger partial charge in [-0.3, -0.25) is 0 Å². The molecule has 0 saturated heterocycles. The summed E-state index contributed by atoms with van der Waals surface area (Å²) in [7, 11) is -9.23. The van der Waals surface area contributed by atoms with Crippen LogP contribution in [0.25, 0.3) is 22.3 Å². The Morgan fingerprint density at radius 1 is 0.682 bits per heavy atom. The molecule has 3 rings (SSSR count). The van der Waals surface area contributed by atoms with Crippen LogP contribution in [-0.4, -0.2) is 64.8 Å². The molecule has 0 aliphatic heterocycles. The number of benzene rings is 3. The van der Waals surface area contributed by atoms with Crippen LogP contribution >= 0.6 is 0 Å². The van der Waals surface area contributed by atoms with E-state index in [-0.39, 0.29) is 52.2 Å². The van der Waals surface area contributed by atoms with Gasteiger partial charge in [-0.2, -0.15) is 25.3 Å². The molecule has 0 heterocycles. The lowest BCUT2D eigenvalue weighted by atomic mass is 9.96. The minimum atomic E-state index is -4.14. The lowest BCUT2D eigenvalue weighted by molar-refractivity contribution is 0.347. The van der Waals surface area contributed by atoms with Crippen molar-refractivity contribution in [2.24, 2.45) is 0 Å². The van der Waals surface area contributed by atoms with E-state index in [1.54, 1.807) is 24.3 Å². The van der Waals surface area contributed by atoms with E-state index in [2.05, 4.69) is 0 Å². The maximum atomic E-state index is 12.5. The van der Waals surface area contributed by atoms with Crippen molar-refractivity contribution in [2.75, 3.05) is 39.6 Å². The Hall–Kier alpha value is -3.95. The summed E-state index contributed by atoms with van der Waals surface area (Å²) in [5.41, 5.74) is 2.26. The Kier molecular flexibility index (Phi) is 10.8. The molecule has 0 aliphatic carbocycles. The van der Waals surface area contributed by atoms with Crippen molar-refractivity contribution < 1.29 is 52.0 Å². The van der Waals surface area contributed by atoms with Crippen LogP contribution in [-0.2, 0) is 30.4 Å². The molecule has 44 heavy (non-hydrogen) atoms. The zero-order valence-electron chi connectivity index (χ0n) is 25.2. The molecule has 0 fully saturated rings. The van der Waals surface area contributed by atoms with E-state index in [4.69, 9.17) is 26.8 Å². The highest BCUT2D eigenvalue weighted by molar-refractivity contribution is 7.86. The number of hydrogen-bond donors (Lipinski definition) is 0. The van der Waals surface area contributed by atoms with E-state index >= 15 is 0 Å². The molecule has 0 aromatic heterocycles. The number of rotatable bonds is 14. The van der Waals surface area contributed by atoms with Crippen LogP contribution in [0.2, 0.25) is 0 Å². The van der Waals surface area contributed by atoms with Gasteiger partial charge in [0.1, 0.15) is 18.1 Å². The van der Waals surface area contributed by atoms with Crippen molar-refractivity contribution in [3.05, 3.63) is 60.2 Å². The molecule has 15 heteroatoms. The third-order valence-corrected chi connectivity index (χ3v) is 7.42. The third-order valence-electron chi connectivity index (χ3n) is 5.97. The number of methoxy groups -OCH3 is 2. The van der Waals surface area contributed by atoms with E-state index in [0.29, 0.717) is 11.1 Å². The molecule has 0 amide bonds. The first-order valence-electron chi connectivity index (χ1n) is 12.9. The Morgan fingerprint density at radius 2 is 1.27 bits per heavy atom. The minimum Gasteiger partial charge on any atom is -0.496 e. The maximum Gasteiger partial charge on any atom is 0.306 e. The van der Waals surface area contributed by atoms with Crippen molar-refractivity contribution >= 4 is 30.4 Å². The van der Waals surface area contributed by atoms with Gasteiger partial charge in [-0.1, -0.05) is 30.7 Å². The standard InChI is InChI=1S/C29H34O12S3/c1-8-19(2)15-16-38-24-14-11-21(17-25(24)40-43(6,32)33)27-26(36-3)18-23(28(37-4)29(27)41-44(7,34)35)20-9-12-22(13-10-20)39-42(5,30)31/h9-15,17-18H,8,16H2,1-7H3/b19-15+. The summed E-state index contributed by atoms with van der Waals surface area (Å²) in [5.74, 6) is -0.0764. The Labute approximate surface area is 258 Å². The van der Waals surface area contributed by atoms with E-state index in [1.165, 1.54) is 38.5 Å². The largest absolute Gasteiger partial charge is 0.496 e. The molecule has 0 aliphatic rings. The molecule has 3 aromatic carbocycles. The van der Waals surface area contributed by atoms with Crippen molar-refractivity contribution in [1.29, 1.82) is 0 Å². The van der Waals surface area contributed by atoms with Crippen molar-refractivity contribution in [2.45, 2.75) is 20.3 Å². The summed E-state index contributed by atoms with van der Waals surface area (Å²) in [6, 6.07) is 11.9. The lowest BCUT2D eigenvalue weighted by Crippen LogP contribution is -2.10. The van der Waals surface area contributed by atoms with Crippen molar-refractivity contribution in [3.63, 3.8) is 0 Å². The second-order valence-electron chi connectivity index (χ2n) is 9.63. The van der Waals surface area contributed by atoms with Crippen LogP contribution in [0.15, 0.2) is 60.2 Å². The molecule has 0 spiro atoms. The molecule has 0 unspecified atom stereocenters. The molecule has 0 radical (unpaired) electrons. The van der Waals surface area contributed by atoms with Gasteiger partial charge in [0.15, 0.2) is 23.0 Å². The first kappa shape index (κ1) is 34.5. The van der Waals surface area contributed by atoms with E-state index in [0.717, 1.165) is 30.8 Å². The summed E-state index contributed by atoms with van der Waals surface area (Å²) in [4.78, 5) is 0. The van der Waals surface area contributed by atoms with E-state index in [9.17, 15) is 25.3 Å². The van der Waals surface area contributed by atoms with Gasteiger partial charge in [-0.15, -0.1) is 0 Å². The van der Waals surface area contributed by atoms with Gasteiger partial charge in [-0.25, -0.2) is 0 Å². The SMILES string of the molecule is CC/C(C)=C/COc1ccc(-c2c(OC)cc(-c3ccc(OS(C)(=O)=O)cc3)c(OC)c2OS(C)(=O)=O)cc1OS(C)(=O)=O. The average molecular weight is 671 g/mol. The van der Waals surface area contributed by atoms with E-state index < -0.39 is 30.4 Å². The summed E-state index contributed by atoms with van der Waals surface area (Å²) in [6.45, 7) is 4.08. The number of allylic oxidation sites excluding steroid dienone is 1. The van der Waals surface area contributed by atoms with Crippen LogP contribution in [0.4, 0.5) is 0 Å². The van der Waals surface area contributed by atoms with Gasteiger partial charge in [0.25, 0.3) is 0 Å². The highest BCUT2D eigenvalue weighted by Crippen LogP contribution is 2.51. The van der Waals surface area contributed by atoms with Gasteiger partial charge in [0, 0.05) is 5.56 Å². The van der Waals surface area contributed by atoms with Crippen LogP contribution in [0.3, 0.4) is 0 Å². The van der Waals surface area contributed by atoms with Gasteiger partial charge in [0.2, 0.25) is 0 Å². The Bertz CT molecular complexity index is 1860. The Morgan fingerprint density at radius 3 is 1.80 bits per heavy atom. The van der Waals surface area contributed by atoms with Crippen LogP contribution in [0.5, 0.6) is 34.5 Å². The summed E-state index contributed by atoms with van der Waals surface area (Å²) < 4.78 is 105. The predicted octanol–water partition coefficient (Wildman–Crippen LogP) is 4.79. The third kappa shape index (κ3) is 9.53. The number of ether oxygens (including phenoxy) is 3. The second kappa shape index (κ2) is 13.8. The maximum absolute atomic E-state index is 12.5. The van der Waals surface area contributed by atoms with Gasteiger partial charge in [0.05, 0.1) is 38.6 Å². The molecule has 0 bridgehead atoms. The smallest absolute Gasteiger partial charge is 0.306 e. The Balaban J connectivity index is 2.28. The highest BCUT2D eigenvalue weighted by atomic mass is 32.2. The molecule has 0 saturated carbocycles. The molecule has 3 aromatic rings. The number of hydrogen-bond acceptors (Lipinski definition) is 12. The van der Waals surface area contributed by atoms with Gasteiger partial charge < -0.3 is 26.8 Å². The lowest BCUT2D eigenvalue weighted by Gasteiger charge is -2.21. The minimum absolute atomic E-state index is 0.00547. The predicted molar refractivity (Wildman–Crippen MR) is 166 cm³/mol. The van der Waals surface area contributed by atoms with Crippen molar-refractivity contribution in [1.82, 2.24) is 0 Å². The topological polar surface area (TPSA) is 158 Å². The van der Waals surface area contributed by atoms with Crippen LogP contribution < -0.4 is 26.8 Å². The van der Waals surface area contributed by atoms with Gasteiger partial charge >= 0.3 is 30.4 Å². The highest BCUT2D eigenvalue weighted by Gasteiger charge is 2.27. The first-order chi connectivity index (χ1) is 20.4. The van der Waals surface area contributed by atoms with E-state index in [1.807, 2.05) is 19.9 Å². The fourth-order valence-corrected chi connectivity index (χ4v) is 5.37. The summed E-state index contributed by atoms with van der Waals surface area (Å²) in [6.07, 6.45) is 5.32. The zero-order chi connectivity index (χ0) is 32.9. The fraction of sp³-hybridized carbons (Fsp3) is 0.310. The fourth-order valence-electron chi connectivity index (χ4n) is 3.99. The average Bonchev–Trinajstić information content (AvgIpc) is 2.91. The molecule has 12 nitrogen and oxygen atoms in total. The first-order valence-corrected chi connectivity index (χ1v) is 18.4. The summed E-state index contributed by atoms with van der Waals surface area (Å²) >= 11 is 0. The molecular formula is C29H34O12S3. The summed E-state index contributed by atoms with van der Waals surface area (Å²) in [5, 5.41) is 0. The zero-order valence-corrected chi connectivity index (χ0v) is 27.7. The van der Waals surface area contributed by atoms with Crippen molar-refractivity contribution in [3.8, 4) is 56.8 Å². The monoisotopic (exact) mass is 670 g/mol. The molecular weight excluding hydrogens is 637 g/mol.